The Hall–Kier alpha value is -2.80. The van der Waals surface area contributed by atoms with Crippen LogP contribution in [-0.2, 0) is 6.42 Å². The lowest BCUT2D eigenvalue weighted by Crippen LogP contribution is -2.15. The van der Waals surface area contributed by atoms with Gasteiger partial charge in [-0.15, -0.1) is 0 Å². The number of pyridine rings is 2. The molecule has 0 aromatic carbocycles. The Labute approximate surface area is 159 Å². The molecule has 0 spiro atoms. The summed E-state index contributed by atoms with van der Waals surface area (Å²) in [5.74, 6) is 0.916. The van der Waals surface area contributed by atoms with Crippen molar-refractivity contribution in [1.29, 1.82) is 0 Å². The molecule has 0 aliphatic carbocycles. The number of anilines is 1. The lowest BCUT2D eigenvalue weighted by atomic mass is 10.1. The van der Waals surface area contributed by atoms with Gasteiger partial charge in [0.05, 0.1) is 23.5 Å². The van der Waals surface area contributed by atoms with Gasteiger partial charge >= 0.3 is 0 Å². The summed E-state index contributed by atoms with van der Waals surface area (Å²) < 4.78 is 5.69. The van der Waals surface area contributed by atoms with Crippen LogP contribution < -0.4 is 10.5 Å². The van der Waals surface area contributed by atoms with E-state index < -0.39 is 0 Å². The van der Waals surface area contributed by atoms with Gasteiger partial charge in [-0.3, -0.25) is 0 Å². The molecule has 2 N–H and O–H groups in total. The molecule has 3 aromatic rings. The van der Waals surface area contributed by atoms with E-state index in [1.807, 2.05) is 24.3 Å². The van der Waals surface area contributed by atoms with E-state index in [9.17, 15) is 0 Å². The zero-order valence-corrected chi connectivity index (χ0v) is 16.1. The molecule has 0 bridgehead atoms. The highest BCUT2D eigenvalue weighted by atomic mass is 16.5. The first-order valence-corrected chi connectivity index (χ1v) is 9.24. The van der Waals surface area contributed by atoms with Crippen LogP contribution in [-0.4, -0.2) is 52.1 Å². The minimum atomic E-state index is 0.290. The Morgan fingerprint density at radius 3 is 2.63 bits per heavy atom. The molecule has 0 atom stereocenters. The number of nitrogen functional groups attached to an aromatic ring is 1. The van der Waals surface area contributed by atoms with Crippen molar-refractivity contribution in [3.8, 4) is 17.1 Å². The van der Waals surface area contributed by atoms with Gasteiger partial charge < -0.3 is 15.4 Å². The molecule has 7 heteroatoms. The van der Waals surface area contributed by atoms with Crippen molar-refractivity contribution in [2.24, 2.45) is 0 Å². The first-order valence-electron chi connectivity index (χ1n) is 9.24. The van der Waals surface area contributed by atoms with Crippen LogP contribution in [0.5, 0.6) is 5.88 Å². The van der Waals surface area contributed by atoms with Crippen molar-refractivity contribution in [2.75, 3.05) is 33.0 Å². The van der Waals surface area contributed by atoms with E-state index >= 15 is 0 Å². The molecule has 0 aliphatic rings. The van der Waals surface area contributed by atoms with E-state index in [1.54, 1.807) is 6.20 Å². The molecule has 0 amide bonds. The van der Waals surface area contributed by atoms with E-state index in [0.29, 0.717) is 12.5 Å². The van der Waals surface area contributed by atoms with Gasteiger partial charge in [0.1, 0.15) is 5.52 Å². The molecule has 3 heterocycles. The third kappa shape index (κ3) is 4.89. The Morgan fingerprint density at radius 2 is 1.93 bits per heavy atom. The van der Waals surface area contributed by atoms with Gasteiger partial charge in [-0.1, -0.05) is 13.3 Å². The van der Waals surface area contributed by atoms with E-state index in [-0.39, 0.29) is 5.95 Å². The molecule has 3 aromatic heterocycles. The number of fused-ring (bicyclic) bond motifs is 1. The third-order valence-corrected chi connectivity index (χ3v) is 4.15. The number of hydrogen-bond donors (Lipinski definition) is 1. The number of nitrogens with two attached hydrogens (primary N) is 1. The molecule has 0 unspecified atom stereocenters. The quantitative estimate of drug-likeness (QED) is 0.613. The number of nitrogens with zero attached hydrogens (tertiary/aromatic N) is 5. The van der Waals surface area contributed by atoms with Crippen molar-refractivity contribution >= 4 is 17.0 Å². The van der Waals surface area contributed by atoms with E-state index in [4.69, 9.17) is 15.5 Å². The molecule has 142 valence electrons. The maximum Gasteiger partial charge on any atom is 0.220 e. The summed E-state index contributed by atoms with van der Waals surface area (Å²) in [4.78, 5) is 19.9. The van der Waals surface area contributed by atoms with Gasteiger partial charge in [0.25, 0.3) is 0 Å². The maximum atomic E-state index is 5.81. The van der Waals surface area contributed by atoms with E-state index in [2.05, 4.69) is 40.9 Å². The van der Waals surface area contributed by atoms with E-state index in [0.717, 1.165) is 53.8 Å². The minimum Gasteiger partial charge on any atom is -0.478 e. The number of aryl methyl sites for hydroxylation is 1. The highest BCUT2D eigenvalue weighted by Crippen LogP contribution is 2.23. The van der Waals surface area contributed by atoms with E-state index in [1.165, 1.54) is 0 Å². The van der Waals surface area contributed by atoms with Crippen LogP contribution in [0.15, 0.2) is 30.5 Å². The minimum absolute atomic E-state index is 0.290. The Kier molecular flexibility index (Phi) is 6.13. The second-order valence-electron chi connectivity index (χ2n) is 6.73. The van der Waals surface area contributed by atoms with Crippen LogP contribution in [0.4, 0.5) is 5.95 Å². The number of aromatic nitrogens is 4. The standard InChI is InChI=1S/C20H26N6O/c1-4-6-16-19-17(25-20(21)24-16)9-8-15(23-19)14-7-10-18(22-13-14)27-12-5-11-26(2)3/h7-10,13H,4-6,11-12H2,1-3H3,(H2,21,24,25). The van der Waals surface area contributed by atoms with Crippen LogP contribution in [0, 0.1) is 0 Å². The predicted octanol–water partition coefficient (Wildman–Crippen LogP) is 2.95. The van der Waals surface area contributed by atoms with Gasteiger partial charge in [0.15, 0.2) is 0 Å². The first-order chi connectivity index (χ1) is 13.1. The van der Waals surface area contributed by atoms with Gasteiger partial charge in [-0.05, 0) is 45.1 Å². The van der Waals surface area contributed by atoms with Crippen molar-refractivity contribution < 1.29 is 4.74 Å². The summed E-state index contributed by atoms with van der Waals surface area (Å²) >= 11 is 0. The van der Waals surface area contributed by atoms with Gasteiger partial charge in [0.2, 0.25) is 11.8 Å². The monoisotopic (exact) mass is 366 g/mol. The number of rotatable bonds is 8. The lowest BCUT2D eigenvalue weighted by Gasteiger charge is -2.10. The maximum absolute atomic E-state index is 5.81. The summed E-state index contributed by atoms with van der Waals surface area (Å²) in [6, 6.07) is 7.71. The van der Waals surface area contributed by atoms with Gasteiger partial charge in [-0.25, -0.2) is 19.9 Å². The average Bonchev–Trinajstić information content (AvgIpc) is 2.65. The molecule has 0 saturated carbocycles. The van der Waals surface area contributed by atoms with Crippen molar-refractivity contribution in [3.05, 3.63) is 36.2 Å². The smallest absolute Gasteiger partial charge is 0.220 e. The normalized spacial score (nSPS) is 11.3. The van der Waals surface area contributed by atoms with Gasteiger partial charge in [-0.2, -0.15) is 0 Å². The summed E-state index contributed by atoms with van der Waals surface area (Å²) in [5.41, 5.74) is 10.0. The molecule has 3 rings (SSSR count). The fraction of sp³-hybridized carbons (Fsp3) is 0.400. The SMILES string of the molecule is CCCc1nc(N)nc2ccc(-c3ccc(OCCCN(C)C)nc3)nc12. The van der Waals surface area contributed by atoms with Crippen molar-refractivity contribution in [1.82, 2.24) is 24.8 Å². The molecule has 0 aliphatic heterocycles. The predicted molar refractivity (Wildman–Crippen MR) is 108 cm³/mol. The highest BCUT2D eigenvalue weighted by molar-refractivity contribution is 5.80. The first kappa shape index (κ1) is 19.0. The fourth-order valence-electron chi connectivity index (χ4n) is 2.84. The Balaban J connectivity index is 1.78. The Bertz CT molecular complexity index is 895. The second-order valence-corrected chi connectivity index (χ2v) is 6.73. The second kappa shape index (κ2) is 8.73. The van der Waals surface area contributed by atoms with Crippen molar-refractivity contribution in [3.63, 3.8) is 0 Å². The average molecular weight is 366 g/mol. The molecule has 0 saturated heterocycles. The van der Waals surface area contributed by atoms with Crippen LogP contribution in [0.25, 0.3) is 22.3 Å². The third-order valence-electron chi connectivity index (χ3n) is 4.15. The van der Waals surface area contributed by atoms with Crippen LogP contribution in [0.2, 0.25) is 0 Å². The largest absolute Gasteiger partial charge is 0.478 e. The fourth-order valence-corrected chi connectivity index (χ4v) is 2.84. The number of hydrogen-bond acceptors (Lipinski definition) is 7. The van der Waals surface area contributed by atoms with Crippen LogP contribution >= 0.6 is 0 Å². The molecule has 0 fully saturated rings. The molecule has 0 radical (unpaired) electrons. The Morgan fingerprint density at radius 1 is 1.07 bits per heavy atom. The summed E-state index contributed by atoms with van der Waals surface area (Å²) in [7, 11) is 4.10. The zero-order chi connectivity index (χ0) is 19.2. The zero-order valence-electron chi connectivity index (χ0n) is 16.1. The summed E-state index contributed by atoms with van der Waals surface area (Å²) in [5, 5.41) is 0. The van der Waals surface area contributed by atoms with Crippen LogP contribution in [0.3, 0.4) is 0 Å². The lowest BCUT2D eigenvalue weighted by molar-refractivity contribution is 0.273. The highest BCUT2D eigenvalue weighted by Gasteiger charge is 2.10. The topological polar surface area (TPSA) is 90.0 Å². The number of ether oxygens (including phenoxy) is 1. The molecular formula is C20H26N6O. The van der Waals surface area contributed by atoms with Gasteiger partial charge in [0, 0.05) is 24.4 Å². The van der Waals surface area contributed by atoms with Crippen LogP contribution in [0.1, 0.15) is 25.5 Å². The van der Waals surface area contributed by atoms with Crippen molar-refractivity contribution in [2.45, 2.75) is 26.2 Å². The summed E-state index contributed by atoms with van der Waals surface area (Å²) in [6.45, 7) is 3.75. The molecule has 27 heavy (non-hydrogen) atoms. The summed E-state index contributed by atoms with van der Waals surface area (Å²) in [6.07, 6.45) is 4.54. The molecule has 7 nitrogen and oxygen atoms in total. The molecular weight excluding hydrogens is 340 g/mol.